The maximum absolute atomic E-state index is 9.38. The number of ether oxygens (including phenoxy) is 1. The van der Waals surface area contributed by atoms with Gasteiger partial charge in [-0.25, -0.2) is 0 Å². The van der Waals surface area contributed by atoms with Gasteiger partial charge in [0.2, 0.25) is 0 Å². The molecular formula is C15H21N5O. The minimum absolute atomic E-state index is 0.226. The second kappa shape index (κ2) is 6.19. The second-order valence-electron chi connectivity index (χ2n) is 5.71. The van der Waals surface area contributed by atoms with Gasteiger partial charge in [0.25, 0.3) is 0 Å². The lowest BCUT2D eigenvalue weighted by molar-refractivity contribution is -0.105. The van der Waals surface area contributed by atoms with Crippen LogP contribution in [0.1, 0.15) is 30.3 Å². The Hall–Kier alpha value is -2.00. The summed E-state index contributed by atoms with van der Waals surface area (Å²) in [6, 6.07) is 2.22. The molecule has 0 N–H and O–H groups in total. The zero-order chi connectivity index (χ0) is 15.5. The molecule has 1 aliphatic heterocycles. The zero-order valence-corrected chi connectivity index (χ0v) is 13.1. The normalized spacial score (nSPS) is 17.8. The number of nitriles is 1. The molecule has 0 bridgehead atoms. The molecule has 1 fully saturated rings. The highest BCUT2D eigenvalue weighted by atomic mass is 16.5. The molecule has 1 aliphatic rings. The predicted molar refractivity (Wildman–Crippen MR) is 82.0 cm³/mol. The van der Waals surface area contributed by atoms with Crippen LogP contribution in [0.5, 0.6) is 0 Å². The van der Waals surface area contributed by atoms with Gasteiger partial charge in [0.1, 0.15) is 11.8 Å². The van der Waals surface area contributed by atoms with Crippen LogP contribution in [-0.4, -0.2) is 49.0 Å². The van der Waals surface area contributed by atoms with E-state index >= 15 is 0 Å². The van der Waals surface area contributed by atoms with E-state index in [1.807, 2.05) is 0 Å². The van der Waals surface area contributed by atoms with Gasteiger partial charge in [-0.3, -0.25) is 14.7 Å². The summed E-state index contributed by atoms with van der Waals surface area (Å²) in [5.41, 5.74) is 3.16. The van der Waals surface area contributed by atoms with E-state index in [9.17, 15) is 5.26 Å². The fourth-order valence-corrected chi connectivity index (χ4v) is 2.52. The Kier molecular flexibility index (Phi) is 4.53. The van der Waals surface area contributed by atoms with Crippen molar-refractivity contribution in [3.05, 3.63) is 17.0 Å². The lowest BCUT2D eigenvalue weighted by Crippen LogP contribution is -2.40. The van der Waals surface area contributed by atoms with E-state index in [0.29, 0.717) is 11.4 Å². The van der Waals surface area contributed by atoms with Gasteiger partial charge in [-0.05, 0) is 12.8 Å². The molecule has 0 unspecified atom stereocenters. The fourth-order valence-electron chi connectivity index (χ4n) is 2.52. The van der Waals surface area contributed by atoms with E-state index < -0.39 is 0 Å². The highest BCUT2D eigenvalue weighted by Gasteiger charge is 2.33. The molecular weight excluding hydrogens is 266 g/mol. The topological polar surface area (TPSA) is 75.6 Å². The van der Waals surface area contributed by atoms with Crippen molar-refractivity contribution in [3.63, 3.8) is 0 Å². The van der Waals surface area contributed by atoms with E-state index in [4.69, 9.17) is 4.74 Å². The number of hydrogen-bond acceptors (Lipinski definition) is 5. The Morgan fingerprint density at radius 1 is 1.52 bits per heavy atom. The van der Waals surface area contributed by atoms with Crippen LogP contribution >= 0.6 is 0 Å². The number of hydrogen-bond donors (Lipinski definition) is 0. The Morgan fingerprint density at radius 3 is 2.71 bits per heavy atom. The first-order chi connectivity index (χ1) is 10.0. The molecule has 2 heterocycles. The van der Waals surface area contributed by atoms with Crippen LogP contribution in [0.15, 0.2) is 9.98 Å². The lowest BCUT2D eigenvalue weighted by atomic mass is 9.82. The third kappa shape index (κ3) is 3.03. The van der Waals surface area contributed by atoms with Crippen molar-refractivity contribution < 1.29 is 4.74 Å². The van der Waals surface area contributed by atoms with Gasteiger partial charge in [-0.2, -0.15) is 10.4 Å². The monoisotopic (exact) mass is 287 g/mol. The van der Waals surface area contributed by atoms with Gasteiger partial charge in [0.05, 0.1) is 30.2 Å². The van der Waals surface area contributed by atoms with Gasteiger partial charge in [0, 0.05) is 32.8 Å². The van der Waals surface area contributed by atoms with Crippen molar-refractivity contribution in [2.24, 2.45) is 22.4 Å². The van der Waals surface area contributed by atoms with Crippen LogP contribution in [-0.2, 0) is 18.2 Å². The molecule has 0 amide bonds. The quantitative estimate of drug-likeness (QED) is 0.768. The van der Waals surface area contributed by atoms with E-state index in [0.717, 1.165) is 37.3 Å². The summed E-state index contributed by atoms with van der Waals surface area (Å²) in [6.45, 7) is 3.81. The van der Waals surface area contributed by atoms with E-state index in [-0.39, 0.29) is 5.41 Å². The van der Waals surface area contributed by atoms with Crippen molar-refractivity contribution in [1.29, 1.82) is 5.26 Å². The van der Waals surface area contributed by atoms with Gasteiger partial charge in [-0.1, -0.05) is 6.92 Å². The smallest absolute Gasteiger partial charge is 0.147 e. The SMILES string of the molecule is CN=CC(=NC)c1c(CCC2(C)COC2)nn(C)c1C#N. The number of aryl methyl sites for hydroxylation is 2. The summed E-state index contributed by atoms with van der Waals surface area (Å²) >= 11 is 0. The van der Waals surface area contributed by atoms with E-state index in [1.165, 1.54) is 0 Å². The molecule has 0 radical (unpaired) electrons. The van der Waals surface area contributed by atoms with Crippen molar-refractivity contribution in [2.45, 2.75) is 19.8 Å². The van der Waals surface area contributed by atoms with Crippen LogP contribution in [0.3, 0.4) is 0 Å². The highest BCUT2D eigenvalue weighted by Crippen LogP contribution is 2.32. The lowest BCUT2D eigenvalue weighted by Gasteiger charge is -2.38. The minimum Gasteiger partial charge on any atom is -0.380 e. The second-order valence-corrected chi connectivity index (χ2v) is 5.71. The van der Waals surface area contributed by atoms with Crippen molar-refractivity contribution >= 4 is 11.9 Å². The highest BCUT2D eigenvalue weighted by molar-refractivity contribution is 6.39. The Morgan fingerprint density at radius 2 is 2.24 bits per heavy atom. The zero-order valence-electron chi connectivity index (χ0n) is 13.1. The van der Waals surface area contributed by atoms with Gasteiger partial charge < -0.3 is 4.74 Å². The number of rotatable bonds is 5. The van der Waals surface area contributed by atoms with Crippen LogP contribution in [0.4, 0.5) is 0 Å². The molecule has 1 aromatic heterocycles. The summed E-state index contributed by atoms with van der Waals surface area (Å²) in [5, 5.41) is 13.9. The van der Waals surface area contributed by atoms with Gasteiger partial charge in [-0.15, -0.1) is 0 Å². The molecule has 1 aromatic rings. The number of aromatic nitrogens is 2. The molecule has 6 nitrogen and oxygen atoms in total. The minimum atomic E-state index is 0.226. The molecule has 6 heteroatoms. The first kappa shape index (κ1) is 15.4. The Bertz CT molecular complexity index is 617. The molecule has 21 heavy (non-hydrogen) atoms. The van der Waals surface area contributed by atoms with E-state index in [2.05, 4.69) is 28.1 Å². The van der Waals surface area contributed by atoms with Crippen LogP contribution in [0.25, 0.3) is 0 Å². The van der Waals surface area contributed by atoms with Crippen LogP contribution in [0.2, 0.25) is 0 Å². The average Bonchev–Trinajstić information content (AvgIpc) is 2.76. The average molecular weight is 287 g/mol. The molecule has 0 saturated carbocycles. The van der Waals surface area contributed by atoms with Crippen LogP contribution < -0.4 is 0 Å². The maximum atomic E-state index is 9.38. The fraction of sp³-hybridized carbons (Fsp3) is 0.600. The molecule has 0 aliphatic carbocycles. The number of aliphatic imine (C=N–C) groups is 2. The predicted octanol–water partition coefficient (Wildman–Crippen LogP) is 1.38. The Labute approximate surface area is 125 Å². The standard InChI is InChI=1S/C15H21N5O/c1-15(9-21-10-15)6-5-11-14(12(18-3)8-17-2)13(7-16)20(4)19-11/h8H,5-6,9-10H2,1-4H3. The molecule has 112 valence electrons. The first-order valence-corrected chi connectivity index (χ1v) is 6.97. The third-order valence-electron chi connectivity index (χ3n) is 3.84. The molecule has 0 aromatic carbocycles. The summed E-state index contributed by atoms with van der Waals surface area (Å²) in [6.07, 6.45) is 3.47. The van der Waals surface area contributed by atoms with Gasteiger partial charge >= 0.3 is 0 Å². The molecule has 0 spiro atoms. The Balaban J connectivity index is 2.34. The molecule has 1 saturated heterocycles. The summed E-state index contributed by atoms with van der Waals surface area (Å²) in [4.78, 5) is 8.27. The van der Waals surface area contributed by atoms with Gasteiger partial charge in [0.15, 0.2) is 0 Å². The summed E-state index contributed by atoms with van der Waals surface area (Å²) in [5.74, 6) is 0. The van der Waals surface area contributed by atoms with Crippen molar-refractivity contribution in [1.82, 2.24) is 9.78 Å². The summed E-state index contributed by atoms with van der Waals surface area (Å²) < 4.78 is 6.91. The molecule has 2 rings (SSSR count). The first-order valence-electron chi connectivity index (χ1n) is 6.97. The molecule has 0 atom stereocenters. The van der Waals surface area contributed by atoms with Crippen molar-refractivity contribution in [3.8, 4) is 6.07 Å². The maximum Gasteiger partial charge on any atom is 0.147 e. The van der Waals surface area contributed by atoms with Crippen LogP contribution in [0, 0.1) is 16.7 Å². The summed E-state index contributed by atoms with van der Waals surface area (Å²) in [7, 11) is 5.19. The largest absolute Gasteiger partial charge is 0.380 e. The van der Waals surface area contributed by atoms with E-state index in [1.54, 1.807) is 32.0 Å². The third-order valence-corrected chi connectivity index (χ3v) is 3.84. The van der Waals surface area contributed by atoms with Crippen molar-refractivity contribution in [2.75, 3.05) is 27.3 Å². The number of nitrogens with zero attached hydrogens (tertiary/aromatic N) is 5.